The predicted octanol–water partition coefficient (Wildman–Crippen LogP) is 1.30. The molecule has 0 aliphatic carbocycles. The van der Waals surface area contributed by atoms with E-state index in [1.807, 2.05) is 6.20 Å². The third-order valence-corrected chi connectivity index (χ3v) is 2.56. The van der Waals surface area contributed by atoms with Crippen molar-refractivity contribution < 1.29 is 0 Å². The summed E-state index contributed by atoms with van der Waals surface area (Å²) in [5.74, 6) is 0. The summed E-state index contributed by atoms with van der Waals surface area (Å²) < 4.78 is 8.21. The second-order valence-electron chi connectivity index (χ2n) is 2.92. The normalized spacial score (nSPS) is 23.8. The van der Waals surface area contributed by atoms with Crippen molar-refractivity contribution in [2.24, 2.45) is 0 Å². The zero-order valence-electron chi connectivity index (χ0n) is 6.95. The molecule has 2 heterocycles. The van der Waals surface area contributed by atoms with Crippen LogP contribution in [-0.2, 0) is 0 Å². The number of rotatable bonds is 1. The summed E-state index contributed by atoms with van der Waals surface area (Å²) >= 11 is 1.27. The van der Waals surface area contributed by atoms with Crippen molar-refractivity contribution >= 4 is 17.3 Å². The summed E-state index contributed by atoms with van der Waals surface area (Å²) in [6.45, 7) is 3.23. The first-order valence-corrected chi connectivity index (χ1v) is 4.82. The van der Waals surface area contributed by atoms with E-state index in [0.717, 1.165) is 18.7 Å². The Bertz CT molecular complexity index is 279. The summed E-state index contributed by atoms with van der Waals surface area (Å²) in [5, 5.41) is 3.39. The van der Waals surface area contributed by atoms with Gasteiger partial charge in [0.2, 0.25) is 0 Å². The number of hydrogen-bond acceptors (Lipinski definition) is 4. The highest BCUT2D eigenvalue weighted by molar-refractivity contribution is 6.99. The first-order chi connectivity index (χ1) is 5.88. The predicted molar refractivity (Wildman–Crippen MR) is 50.0 cm³/mol. The summed E-state index contributed by atoms with van der Waals surface area (Å²) in [6.07, 6.45) is 5.18. The molecule has 1 aliphatic rings. The third kappa shape index (κ3) is 1.40. The van der Waals surface area contributed by atoms with E-state index in [-0.39, 0.29) is 0 Å². The Hall–Kier alpha value is -0.740. The maximum absolute atomic E-state index is 4.21. The molecular weight excluding hydrogens is 170 g/mol. The van der Waals surface area contributed by atoms with Crippen molar-refractivity contribution in [1.29, 1.82) is 0 Å². The van der Waals surface area contributed by atoms with Crippen LogP contribution in [-0.4, -0.2) is 21.3 Å². The van der Waals surface area contributed by atoms with Gasteiger partial charge in [-0.2, -0.15) is 8.75 Å². The second kappa shape index (κ2) is 3.33. The van der Waals surface area contributed by atoms with Crippen molar-refractivity contribution in [3.63, 3.8) is 0 Å². The highest BCUT2D eigenvalue weighted by Crippen LogP contribution is 2.19. The van der Waals surface area contributed by atoms with Crippen molar-refractivity contribution in [3.05, 3.63) is 18.0 Å². The van der Waals surface area contributed by atoms with Crippen LogP contribution in [0.3, 0.4) is 0 Å². The fraction of sp³-hybridized carbons (Fsp3) is 0.500. The van der Waals surface area contributed by atoms with Crippen LogP contribution in [0.1, 0.15) is 19.0 Å². The maximum Gasteiger partial charge on any atom is 0.101 e. The highest BCUT2D eigenvalue weighted by atomic mass is 32.1. The Labute approximate surface area is 75.8 Å². The summed E-state index contributed by atoms with van der Waals surface area (Å²) in [5.41, 5.74) is 2.31. The van der Waals surface area contributed by atoms with E-state index >= 15 is 0 Å². The van der Waals surface area contributed by atoms with Gasteiger partial charge in [-0.15, -0.1) is 0 Å². The van der Waals surface area contributed by atoms with Crippen LogP contribution in [0.25, 0.3) is 5.57 Å². The van der Waals surface area contributed by atoms with Crippen LogP contribution in [0, 0.1) is 0 Å². The van der Waals surface area contributed by atoms with Crippen LogP contribution in [0.15, 0.2) is 12.3 Å². The molecule has 0 saturated carbocycles. The number of nitrogens with one attached hydrogen (secondary N) is 1. The smallest absolute Gasteiger partial charge is 0.101 e. The van der Waals surface area contributed by atoms with Gasteiger partial charge in [-0.25, -0.2) is 0 Å². The maximum atomic E-state index is 4.21. The first kappa shape index (κ1) is 7.89. The number of hydrogen-bond donors (Lipinski definition) is 1. The second-order valence-corrected chi connectivity index (χ2v) is 3.47. The topological polar surface area (TPSA) is 37.8 Å². The molecule has 0 bridgehead atoms. The molecule has 1 unspecified atom stereocenters. The van der Waals surface area contributed by atoms with Gasteiger partial charge in [0.05, 0.1) is 17.9 Å². The molecule has 0 aromatic carbocycles. The van der Waals surface area contributed by atoms with Crippen LogP contribution in [0.4, 0.5) is 0 Å². The molecule has 1 aromatic heterocycles. The zero-order chi connectivity index (χ0) is 8.39. The van der Waals surface area contributed by atoms with Crippen molar-refractivity contribution in [3.8, 4) is 0 Å². The lowest BCUT2D eigenvalue weighted by molar-refractivity contribution is 0.626. The van der Waals surface area contributed by atoms with Crippen LogP contribution in [0.5, 0.6) is 0 Å². The molecule has 4 heteroatoms. The van der Waals surface area contributed by atoms with E-state index in [2.05, 4.69) is 27.1 Å². The molecule has 1 atom stereocenters. The molecule has 0 radical (unpaired) electrons. The molecule has 1 aromatic rings. The van der Waals surface area contributed by atoms with Gasteiger partial charge in [0.15, 0.2) is 0 Å². The van der Waals surface area contributed by atoms with Gasteiger partial charge in [-0.1, -0.05) is 6.08 Å². The molecular formula is C8H11N3S. The van der Waals surface area contributed by atoms with E-state index in [0.29, 0.717) is 6.04 Å². The Morgan fingerprint density at radius 3 is 3.25 bits per heavy atom. The monoisotopic (exact) mass is 181 g/mol. The number of nitrogens with zero attached hydrogens (tertiary/aromatic N) is 2. The van der Waals surface area contributed by atoms with Crippen LogP contribution in [0.2, 0.25) is 0 Å². The molecule has 0 spiro atoms. The van der Waals surface area contributed by atoms with Gasteiger partial charge in [0, 0.05) is 6.04 Å². The fourth-order valence-electron chi connectivity index (χ4n) is 1.43. The third-order valence-electron chi connectivity index (χ3n) is 2.08. The van der Waals surface area contributed by atoms with E-state index < -0.39 is 0 Å². The first-order valence-electron chi connectivity index (χ1n) is 4.09. The largest absolute Gasteiger partial charge is 0.310 e. The highest BCUT2D eigenvalue weighted by Gasteiger charge is 2.15. The van der Waals surface area contributed by atoms with Crippen LogP contribution >= 0.6 is 11.7 Å². The summed E-state index contributed by atoms with van der Waals surface area (Å²) in [4.78, 5) is 0. The van der Waals surface area contributed by atoms with E-state index in [1.54, 1.807) is 0 Å². The molecule has 64 valence electrons. The summed E-state index contributed by atoms with van der Waals surface area (Å²) in [6, 6.07) is 0.419. The van der Waals surface area contributed by atoms with E-state index in [9.17, 15) is 0 Å². The van der Waals surface area contributed by atoms with Gasteiger partial charge < -0.3 is 5.32 Å². The fourth-order valence-corrected chi connectivity index (χ4v) is 1.87. The molecule has 1 aliphatic heterocycles. The van der Waals surface area contributed by atoms with Crippen LogP contribution < -0.4 is 5.32 Å². The Morgan fingerprint density at radius 2 is 2.58 bits per heavy atom. The standard InChI is InChI=1S/C8H11N3S/c1-6-7(3-2-4-9-6)8-5-10-12-11-8/h3,5-6,9H,2,4H2,1H3. The van der Waals surface area contributed by atoms with E-state index in [4.69, 9.17) is 0 Å². The number of aromatic nitrogens is 2. The Kier molecular flexibility index (Phi) is 2.19. The zero-order valence-corrected chi connectivity index (χ0v) is 7.77. The van der Waals surface area contributed by atoms with Crippen molar-refractivity contribution in [1.82, 2.24) is 14.1 Å². The lowest BCUT2D eigenvalue weighted by Gasteiger charge is -2.20. The van der Waals surface area contributed by atoms with Gasteiger partial charge in [0.1, 0.15) is 5.69 Å². The molecule has 1 N–H and O–H groups in total. The average molecular weight is 181 g/mol. The van der Waals surface area contributed by atoms with Gasteiger partial charge in [-0.05, 0) is 25.5 Å². The molecule has 3 nitrogen and oxygen atoms in total. The summed E-state index contributed by atoms with van der Waals surface area (Å²) in [7, 11) is 0. The van der Waals surface area contributed by atoms with Crippen molar-refractivity contribution in [2.75, 3.05) is 6.54 Å². The van der Waals surface area contributed by atoms with Gasteiger partial charge >= 0.3 is 0 Å². The van der Waals surface area contributed by atoms with Gasteiger partial charge in [-0.3, -0.25) is 0 Å². The lowest BCUT2D eigenvalue weighted by Crippen LogP contribution is -2.31. The molecule has 0 amide bonds. The van der Waals surface area contributed by atoms with Crippen molar-refractivity contribution in [2.45, 2.75) is 19.4 Å². The molecule has 0 saturated heterocycles. The minimum Gasteiger partial charge on any atom is -0.310 e. The SMILES string of the molecule is CC1NCCC=C1c1cnsn1. The minimum absolute atomic E-state index is 0.419. The Balaban J connectivity index is 2.27. The van der Waals surface area contributed by atoms with E-state index in [1.165, 1.54) is 17.3 Å². The molecule has 12 heavy (non-hydrogen) atoms. The quantitative estimate of drug-likeness (QED) is 0.709. The minimum atomic E-state index is 0.419. The molecule has 2 rings (SSSR count). The lowest BCUT2D eigenvalue weighted by atomic mass is 10.0. The molecule has 0 fully saturated rings. The van der Waals surface area contributed by atoms with Gasteiger partial charge in [0.25, 0.3) is 0 Å². The average Bonchev–Trinajstić information content (AvgIpc) is 2.57. The Morgan fingerprint density at radius 1 is 1.67 bits per heavy atom.